The van der Waals surface area contributed by atoms with Crippen molar-refractivity contribution in [2.24, 2.45) is 5.41 Å². The zero-order valence-electron chi connectivity index (χ0n) is 18.9. The summed E-state index contributed by atoms with van der Waals surface area (Å²) in [6.45, 7) is 0. The normalized spacial score (nSPS) is 30.0. The van der Waals surface area contributed by atoms with Gasteiger partial charge in [-0.3, -0.25) is 24.6 Å². The van der Waals surface area contributed by atoms with Gasteiger partial charge < -0.3 is 5.32 Å². The summed E-state index contributed by atoms with van der Waals surface area (Å²) in [5.74, 6) is 0.629. The zero-order valence-corrected chi connectivity index (χ0v) is 20.5. The first-order valence-corrected chi connectivity index (χ1v) is 13.3. The number of carbonyl (C=O) groups excluding carboxylic acids is 2. The highest BCUT2D eigenvalue weighted by atomic mass is 35.5. The molecule has 4 atom stereocenters. The standard InChI is InChI=1S/C27H20ClN3O4S/c28-17-7-5-15(6-8-17)23-22-13-36-14-30(22)27(26(23)12-16-3-1-2-4-19(16)24(26)32)20-11-18(31(34)35)9-10-21(20)29-25(27)33/h1-11,22-23H,12-14H2,(H,29,33)/t22-,23-,26-,27-/m0/s1. The van der Waals surface area contributed by atoms with E-state index in [1.807, 2.05) is 48.5 Å². The Hall–Kier alpha value is -3.20. The van der Waals surface area contributed by atoms with E-state index in [1.54, 1.807) is 17.8 Å². The predicted octanol–water partition coefficient (Wildman–Crippen LogP) is 4.99. The first kappa shape index (κ1) is 22.0. The summed E-state index contributed by atoms with van der Waals surface area (Å²) >= 11 is 7.95. The van der Waals surface area contributed by atoms with Gasteiger partial charge in [0.2, 0.25) is 0 Å². The number of amides is 1. The SMILES string of the molecule is O=C1Nc2ccc([N+](=O)[O-])cc2[C@]12N1CSC[C@H]1[C@H](c1ccc(Cl)cc1)[C@]21Cc2ccccc2C1=O. The van der Waals surface area contributed by atoms with Crippen LogP contribution >= 0.6 is 23.4 Å². The van der Waals surface area contributed by atoms with Crippen molar-refractivity contribution in [2.75, 3.05) is 16.9 Å². The summed E-state index contributed by atoms with van der Waals surface area (Å²) in [6.07, 6.45) is 0.377. The lowest BCUT2D eigenvalue weighted by Crippen LogP contribution is -2.58. The molecule has 0 saturated carbocycles. The summed E-state index contributed by atoms with van der Waals surface area (Å²) in [4.78, 5) is 42.4. The Morgan fingerprint density at radius 2 is 1.86 bits per heavy atom. The highest BCUT2D eigenvalue weighted by Gasteiger charge is 2.79. The van der Waals surface area contributed by atoms with E-state index in [9.17, 15) is 19.7 Å². The molecule has 2 saturated heterocycles. The largest absolute Gasteiger partial charge is 0.324 e. The molecule has 0 radical (unpaired) electrons. The van der Waals surface area contributed by atoms with E-state index >= 15 is 0 Å². The summed E-state index contributed by atoms with van der Waals surface area (Å²) < 4.78 is 0. The molecule has 3 aromatic carbocycles. The van der Waals surface area contributed by atoms with Crippen LogP contribution in [0.4, 0.5) is 11.4 Å². The lowest BCUT2D eigenvalue weighted by molar-refractivity contribution is -0.385. The number of hydrogen-bond donors (Lipinski definition) is 1. The van der Waals surface area contributed by atoms with E-state index in [1.165, 1.54) is 12.1 Å². The van der Waals surface area contributed by atoms with Crippen molar-refractivity contribution in [3.8, 4) is 0 Å². The third-order valence-corrected chi connectivity index (χ3v) is 9.75. The average molecular weight is 518 g/mol. The molecule has 3 aliphatic heterocycles. The second-order valence-electron chi connectivity index (χ2n) is 9.85. The van der Waals surface area contributed by atoms with Gasteiger partial charge in [0, 0.05) is 57.6 Å². The fourth-order valence-electron chi connectivity index (χ4n) is 7.24. The maximum atomic E-state index is 14.7. The topological polar surface area (TPSA) is 92.5 Å². The van der Waals surface area contributed by atoms with Crippen molar-refractivity contribution in [1.82, 2.24) is 4.90 Å². The Morgan fingerprint density at radius 3 is 2.61 bits per heavy atom. The quantitative estimate of drug-likeness (QED) is 0.380. The number of rotatable bonds is 2. The Labute approximate surface area is 216 Å². The number of nitro benzene ring substituents is 1. The monoisotopic (exact) mass is 517 g/mol. The minimum absolute atomic E-state index is 0.0769. The van der Waals surface area contributed by atoms with Crippen molar-refractivity contribution in [3.63, 3.8) is 0 Å². The van der Waals surface area contributed by atoms with Gasteiger partial charge in [-0.15, -0.1) is 11.8 Å². The van der Waals surface area contributed by atoms with Gasteiger partial charge in [-0.2, -0.15) is 0 Å². The first-order chi connectivity index (χ1) is 17.4. The Morgan fingerprint density at radius 1 is 1.08 bits per heavy atom. The maximum Gasteiger partial charge on any atom is 0.269 e. The number of carbonyl (C=O) groups is 2. The van der Waals surface area contributed by atoms with Crippen LogP contribution in [0.25, 0.3) is 0 Å². The Balaban J connectivity index is 1.58. The van der Waals surface area contributed by atoms with Crippen LogP contribution in [0.3, 0.4) is 0 Å². The number of nitrogens with zero attached hydrogens (tertiary/aromatic N) is 2. The molecule has 7 nitrogen and oxygen atoms in total. The van der Waals surface area contributed by atoms with Gasteiger partial charge in [0.1, 0.15) is 5.54 Å². The predicted molar refractivity (Wildman–Crippen MR) is 137 cm³/mol. The molecule has 3 aromatic rings. The van der Waals surface area contributed by atoms with Crippen molar-refractivity contribution in [1.29, 1.82) is 0 Å². The summed E-state index contributed by atoms with van der Waals surface area (Å²) in [7, 11) is 0. The van der Waals surface area contributed by atoms with Crippen LogP contribution in [0.2, 0.25) is 5.02 Å². The first-order valence-electron chi connectivity index (χ1n) is 11.7. The lowest BCUT2D eigenvalue weighted by atomic mass is 9.58. The Kier molecular flexibility index (Phi) is 4.54. The van der Waals surface area contributed by atoms with E-state index in [4.69, 9.17) is 11.6 Å². The smallest absolute Gasteiger partial charge is 0.269 e. The molecule has 0 aromatic heterocycles. The van der Waals surface area contributed by atoms with Crippen LogP contribution in [0.1, 0.15) is 33.0 Å². The molecule has 180 valence electrons. The number of ketones is 1. The van der Waals surface area contributed by atoms with Crippen LogP contribution < -0.4 is 5.32 Å². The van der Waals surface area contributed by atoms with Crippen molar-refractivity contribution >= 4 is 46.4 Å². The zero-order chi connectivity index (χ0) is 24.8. The van der Waals surface area contributed by atoms with E-state index in [0.29, 0.717) is 34.1 Å². The number of hydrogen-bond acceptors (Lipinski definition) is 6. The second-order valence-corrected chi connectivity index (χ2v) is 11.3. The number of thioether (sulfide) groups is 1. The minimum atomic E-state index is -1.37. The van der Waals surface area contributed by atoms with Crippen LogP contribution in [0.15, 0.2) is 66.7 Å². The van der Waals surface area contributed by atoms with Gasteiger partial charge in [0.05, 0.1) is 10.3 Å². The van der Waals surface area contributed by atoms with Crippen LogP contribution in [0, 0.1) is 15.5 Å². The molecular weight excluding hydrogens is 498 g/mol. The van der Waals surface area contributed by atoms with E-state index in [-0.39, 0.29) is 29.3 Å². The number of nitro groups is 1. The minimum Gasteiger partial charge on any atom is -0.324 e. The van der Waals surface area contributed by atoms with Gasteiger partial charge in [-0.1, -0.05) is 48.0 Å². The molecule has 2 spiro atoms. The summed E-state index contributed by atoms with van der Waals surface area (Å²) in [5.41, 5.74) is 0.886. The summed E-state index contributed by atoms with van der Waals surface area (Å²) in [5, 5.41) is 15.4. The fraction of sp³-hybridized carbons (Fsp3) is 0.259. The lowest BCUT2D eigenvalue weighted by Gasteiger charge is -2.44. The van der Waals surface area contributed by atoms with Gasteiger partial charge in [0.25, 0.3) is 11.6 Å². The van der Waals surface area contributed by atoms with Crippen LogP contribution in [-0.4, -0.2) is 39.2 Å². The third-order valence-electron chi connectivity index (χ3n) is 8.46. The molecule has 36 heavy (non-hydrogen) atoms. The molecule has 0 bridgehead atoms. The average Bonchev–Trinajstić information content (AvgIpc) is 3.58. The van der Waals surface area contributed by atoms with Crippen molar-refractivity contribution in [3.05, 3.63) is 104 Å². The van der Waals surface area contributed by atoms with Gasteiger partial charge >= 0.3 is 0 Å². The number of anilines is 1. The van der Waals surface area contributed by atoms with Gasteiger partial charge in [-0.25, -0.2) is 0 Å². The number of benzene rings is 3. The molecule has 0 unspecified atom stereocenters. The van der Waals surface area contributed by atoms with E-state index in [0.717, 1.165) is 16.9 Å². The number of Topliss-reactive ketones (excluding diaryl/α,β-unsaturated/α-hetero) is 1. The molecule has 1 aliphatic carbocycles. The Bertz CT molecular complexity index is 1490. The fourth-order valence-corrected chi connectivity index (χ4v) is 8.67. The van der Waals surface area contributed by atoms with E-state index < -0.39 is 15.9 Å². The molecule has 1 N–H and O–H groups in total. The van der Waals surface area contributed by atoms with E-state index in [2.05, 4.69) is 10.2 Å². The highest BCUT2D eigenvalue weighted by molar-refractivity contribution is 7.99. The summed E-state index contributed by atoms with van der Waals surface area (Å²) in [6, 6.07) is 19.5. The van der Waals surface area contributed by atoms with Gasteiger partial charge in [-0.05, 0) is 35.7 Å². The molecule has 2 fully saturated rings. The number of nitrogens with one attached hydrogen (secondary N) is 1. The number of halogens is 1. The van der Waals surface area contributed by atoms with Crippen molar-refractivity contribution < 1.29 is 14.5 Å². The second kappa shape index (κ2) is 7.41. The van der Waals surface area contributed by atoms with Gasteiger partial charge in [0.15, 0.2) is 5.78 Å². The van der Waals surface area contributed by atoms with Crippen LogP contribution in [-0.2, 0) is 16.8 Å². The van der Waals surface area contributed by atoms with Crippen LogP contribution in [0.5, 0.6) is 0 Å². The molecule has 3 heterocycles. The molecule has 7 rings (SSSR count). The molecule has 9 heteroatoms. The third kappa shape index (κ3) is 2.49. The highest BCUT2D eigenvalue weighted by Crippen LogP contribution is 2.70. The maximum absolute atomic E-state index is 14.7. The number of fused-ring (bicyclic) bond motifs is 6. The molecule has 1 amide bonds. The number of non-ortho nitro benzene ring substituents is 1. The molecule has 4 aliphatic rings. The molecular formula is C27H20ClN3O4S. The van der Waals surface area contributed by atoms with Crippen molar-refractivity contribution in [2.45, 2.75) is 23.9 Å².